The summed E-state index contributed by atoms with van der Waals surface area (Å²) in [6.45, 7) is 2.04. The minimum atomic E-state index is -0.0795. The summed E-state index contributed by atoms with van der Waals surface area (Å²) >= 11 is 6.83. The van der Waals surface area contributed by atoms with E-state index in [2.05, 4.69) is 42.1 Å². The molecule has 0 amide bonds. The van der Waals surface area contributed by atoms with Gasteiger partial charge >= 0.3 is 0 Å². The molecule has 0 aromatic carbocycles. The first-order chi connectivity index (χ1) is 3.40. The molecule has 2 unspecified atom stereocenters. The van der Waals surface area contributed by atoms with E-state index >= 15 is 0 Å². The Balaban J connectivity index is 2.72. The first-order valence-electron chi connectivity index (χ1n) is 2.29. The molecule has 1 aliphatic rings. The lowest BCUT2D eigenvalue weighted by Crippen LogP contribution is -2.07. The van der Waals surface area contributed by atoms with Crippen molar-refractivity contribution in [3.8, 4) is 0 Å². The van der Waals surface area contributed by atoms with E-state index < -0.39 is 0 Å². The summed E-state index contributed by atoms with van der Waals surface area (Å²) in [5.41, 5.74) is 5.64. The van der Waals surface area contributed by atoms with E-state index in [1.807, 2.05) is 6.92 Å². The smallest absolute Gasteiger partial charge is 0.0995 e. The quantitative estimate of drug-likeness (QED) is 0.510. The molecule has 0 saturated heterocycles. The van der Waals surface area contributed by atoms with Gasteiger partial charge in [0.2, 0.25) is 0 Å². The molecule has 0 heterocycles. The number of alkyl halides is 2. The molecule has 2 N–H and O–H groups in total. The lowest BCUT2D eigenvalue weighted by atomic mass is 10.5. The van der Waals surface area contributed by atoms with Crippen molar-refractivity contribution in [1.82, 2.24) is 0 Å². The standard InChI is InChI=1S/C4H6Br2NSi/c1-3(8)2(7)4(3,5)6/h2H,7H2,1H3. The first-order valence-corrected chi connectivity index (χ1v) is 4.37. The van der Waals surface area contributed by atoms with Crippen LogP contribution in [0.15, 0.2) is 0 Å². The maximum Gasteiger partial charge on any atom is 0.0995 e. The van der Waals surface area contributed by atoms with Crippen LogP contribution in [0.3, 0.4) is 0 Å². The monoisotopic (exact) mass is 254 g/mol. The second kappa shape index (κ2) is 1.59. The van der Waals surface area contributed by atoms with Gasteiger partial charge in [-0.3, -0.25) is 0 Å². The van der Waals surface area contributed by atoms with E-state index in [9.17, 15) is 0 Å². The largest absolute Gasteiger partial charge is 0.325 e. The molecule has 8 heavy (non-hydrogen) atoms. The lowest BCUT2D eigenvalue weighted by Gasteiger charge is -1.98. The van der Waals surface area contributed by atoms with Crippen LogP contribution in [0.5, 0.6) is 0 Å². The molecule has 2 atom stereocenters. The molecular formula is C4H6Br2NSi. The Morgan fingerprint density at radius 3 is 1.75 bits per heavy atom. The van der Waals surface area contributed by atoms with E-state index in [1.165, 1.54) is 0 Å². The third-order valence-corrected chi connectivity index (χ3v) is 5.69. The van der Waals surface area contributed by atoms with E-state index in [4.69, 9.17) is 5.73 Å². The van der Waals surface area contributed by atoms with Crippen LogP contribution in [0.1, 0.15) is 6.92 Å². The van der Waals surface area contributed by atoms with Crippen LogP contribution < -0.4 is 5.73 Å². The van der Waals surface area contributed by atoms with Crippen molar-refractivity contribution in [2.24, 2.45) is 5.73 Å². The average molecular weight is 256 g/mol. The van der Waals surface area contributed by atoms with E-state index in [1.54, 1.807) is 0 Å². The minimum Gasteiger partial charge on any atom is -0.325 e. The summed E-state index contributed by atoms with van der Waals surface area (Å²) in [6, 6.07) is 0.159. The van der Waals surface area contributed by atoms with Gasteiger partial charge in [0, 0.05) is 16.3 Å². The van der Waals surface area contributed by atoms with Crippen LogP contribution in [0.2, 0.25) is 5.04 Å². The molecule has 3 radical (unpaired) electrons. The van der Waals surface area contributed by atoms with E-state index in [0.717, 1.165) is 0 Å². The summed E-state index contributed by atoms with van der Waals surface area (Å²) in [5.74, 6) is 0. The van der Waals surface area contributed by atoms with Gasteiger partial charge in [-0.2, -0.15) is 0 Å². The van der Waals surface area contributed by atoms with Gasteiger partial charge in [-0.05, 0) is 5.04 Å². The molecule has 0 aliphatic heterocycles. The van der Waals surface area contributed by atoms with Crippen molar-refractivity contribution in [2.45, 2.75) is 21.2 Å². The zero-order chi connectivity index (χ0) is 6.58. The Bertz CT molecular complexity index is 109. The Morgan fingerprint density at radius 1 is 1.62 bits per heavy atom. The average Bonchev–Trinajstić information content (AvgIpc) is 1.88. The molecule has 0 spiro atoms. The Kier molecular flexibility index (Phi) is 1.44. The summed E-state index contributed by atoms with van der Waals surface area (Å²) in [7, 11) is 3.50. The Labute approximate surface area is 69.1 Å². The third-order valence-electron chi connectivity index (χ3n) is 1.62. The van der Waals surface area contributed by atoms with Crippen molar-refractivity contribution in [3.05, 3.63) is 0 Å². The minimum absolute atomic E-state index is 0.0208. The normalized spacial score (nSPS) is 51.4. The molecule has 45 valence electrons. The molecule has 1 aliphatic carbocycles. The van der Waals surface area contributed by atoms with Crippen molar-refractivity contribution < 1.29 is 0 Å². The fourth-order valence-corrected chi connectivity index (χ4v) is 2.47. The van der Waals surface area contributed by atoms with Gasteiger partial charge in [0.15, 0.2) is 0 Å². The highest BCUT2D eigenvalue weighted by atomic mass is 79.9. The summed E-state index contributed by atoms with van der Waals surface area (Å²) in [4.78, 5) is 0. The molecule has 1 saturated carbocycles. The van der Waals surface area contributed by atoms with Crippen LogP contribution in [0, 0.1) is 0 Å². The molecular weight excluding hydrogens is 250 g/mol. The summed E-state index contributed by atoms with van der Waals surface area (Å²) in [6.07, 6.45) is 0. The van der Waals surface area contributed by atoms with Crippen LogP contribution >= 0.6 is 31.9 Å². The van der Waals surface area contributed by atoms with Gasteiger partial charge in [0.05, 0.1) is 3.23 Å². The molecule has 0 bridgehead atoms. The van der Waals surface area contributed by atoms with E-state index in [0.29, 0.717) is 0 Å². The third kappa shape index (κ3) is 0.663. The van der Waals surface area contributed by atoms with Crippen LogP contribution in [-0.2, 0) is 0 Å². The van der Waals surface area contributed by atoms with Crippen molar-refractivity contribution in [2.75, 3.05) is 0 Å². The highest BCUT2D eigenvalue weighted by molar-refractivity contribution is 9.25. The number of rotatable bonds is 0. The van der Waals surface area contributed by atoms with Gasteiger partial charge in [-0.15, -0.1) is 0 Å². The van der Waals surface area contributed by atoms with Gasteiger partial charge in [0.1, 0.15) is 0 Å². The first kappa shape index (κ1) is 7.25. The topological polar surface area (TPSA) is 26.0 Å². The highest BCUT2D eigenvalue weighted by Gasteiger charge is 2.66. The van der Waals surface area contributed by atoms with E-state index in [-0.39, 0.29) is 14.3 Å². The molecule has 4 heteroatoms. The second-order valence-corrected chi connectivity index (χ2v) is 6.91. The van der Waals surface area contributed by atoms with Crippen molar-refractivity contribution >= 4 is 42.1 Å². The predicted octanol–water partition coefficient (Wildman–Crippen LogP) is 1.16. The highest BCUT2D eigenvalue weighted by Crippen LogP contribution is 2.68. The van der Waals surface area contributed by atoms with Crippen molar-refractivity contribution in [1.29, 1.82) is 0 Å². The van der Waals surface area contributed by atoms with Gasteiger partial charge < -0.3 is 5.73 Å². The van der Waals surface area contributed by atoms with Crippen LogP contribution in [0.4, 0.5) is 0 Å². The zero-order valence-electron chi connectivity index (χ0n) is 4.41. The molecule has 0 aromatic rings. The van der Waals surface area contributed by atoms with Gasteiger partial charge in [0.25, 0.3) is 0 Å². The van der Waals surface area contributed by atoms with Crippen molar-refractivity contribution in [3.63, 3.8) is 0 Å². The molecule has 0 aromatic heterocycles. The maximum atomic E-state index is 5.64. The number of hydrogen-bond acceptors (Lipinski definition) is 1. The zero-order valence-corrected chi connectivity index (χ0v) is 8.58. The number of nitrogens with two attached hydrogens (primary N) is 1. The fraction of sp³-hybridized carbons (Fsp3) is 1.00. The maximum absolute atomic E-state index is 5.64. The molecule has 1 rings (SSSR count). The fourth-order valence-electron chi connectivity index (χ4n) is 0.563. The second-order valence-electron chi connectivity index (χ2n) is 2.30. The predicted molar refractivity (Wildman–Crippen MR) is 42.7 cm³/mol. The van der Waals surface area contributed by atoms with Gasteiger partial charge in [-0.25, -0.2) is 0 Å². The summed E-state index contributed by atoms with van der Waals surface area (Å²) in [5, 5.41) is 0.0208. The van der Waals surface area contributed by atoms with Gasteiger partial charge in [-0.1, -0.05) is 38.8 Å². The molecule has 1 nitrogen and oxygen atoms in total. The molecule has 1 fully saturated rings. The number of hydrogen-bond donors (Lipinski definition) is 1. The van der Waals surface area contributed by atoms with Crippen LogP contribution in [-0.4, -0.2) is 19.5 Å². The Hall–Kier alpha value is 1.14. The lowest BCUT2D eigenvalue weighted by molar-refractivity contribution is 0.917. The van der Waals surface area contributed by atoms with Crippen LogP contribution in [0.25, 0.3) is 0 Å². The Morgan fingerprint density at radius 2 is 1.75 bits per heavy atom. The SMILES string of the molecule is CC1([Si])C(N)C1(Br)Br. The number of halogens is 2. The summed E-state index contributed by atoms with van der Waals surface area (Å²) < 4.78 is -0.0795.